The lowest BCUT2D eigenvalue weighted by Gasteiger charge is -2.23. The molecule has 1 amide bonds. The van der Waals surface area contributed by atoms with Gasteiger partial charge in [-0.15, -0.1) is 0 Å². The van der Waals surface area contributed by atoms with Gasteiger partial charge in [0.1, 0.15) is 5.75 Å². The third kappa shape index (κ3) is 5.74. The highest BCUT2D eigenvalue weighted by Gasteiger charge is 2.18. The van der Waals surface area contributed by atoms with Gasteiger partial charge in [0.25, 0.3) is 0 Å². The van der Waals surface area contributed by atoms with Gasteiger partial charge in [0, 0.05) is 44.1 Å². The summed E-state index contributed by atoms with van der Waals surface area (Å²) >= 11 is 0. The number of aromatic nitrogens is 1. The van der Waals surface area contributed by atoms with Crippen LogP contribution in [0.15, 0.2) is 73.1 Å². The molecular formula is C26H23FN4O2. The van der Waals surface area contributed by atoms with Gasteiger partial charge in [0.05, 0.1) is 17.8 Å². The van der Waals surface area contributed by atoms with E-state index in [0.717, 1.165) is 18.7 Å². The first-order chi connectivity index (χ1) is 16.1. The molecule has 1 saturated heterocycles. The van der Waals surface area contributed by atoms with Crippen molar-refractivity contribution in [2.24, 2.45) is 0 Å². The average molecular weight is 442 g/mol. The first kappa shape index (κ1) is 22.0. The van der Waals surface area contributed by atoms with Crippen molar-refractivity contribution >= 4 is 17.7 Å². The van der Waals surface area contributed by atoms with Gasteiger partial charge in [-0.25, -0.2) is 4.39 Å². The van der Waals surface area contributed by atoms with Crippen LogP contribution >= 0.6 is 0 Å². The maximum atomic E-state index is 14.4. The number of halogens is 1. The second-order valence-corrected chi connectivity index (χ2v) is 7.64. The van der Waals surface area contributed by atoms with Gasteiger partial charge >= 0.3 is 0 Å². The fourth-order valence-corrected chi connectivity index (χ4v) is 3.65. The molecule has 0 saturated carbocycles. The number of hydrogen-bond donors (Lipinski definition) is 0. The van der Waals surface area contributed by atoms with Crippen molar-refractivity contribution in [3.63, 3.8) is 0 Å². The molecule has 1 fully saturated rings. The largest absolute Gasteiger partial charge is 0.453 e. The van der Waals surface area contributed by atoms with E-state index in [2.05, 4.69) is 16.0 Å². The van der Waals surface area contributed by atoms with Crippen molar-refractivity contribution in [3.05, 3.63) is 90.0 Å². The third-order valence-corrected chi connectivity index (χ3v) is 5.41. The molecule has 2 aromatic carbocycles. The number of ether oxygens (including phenoxy) is 1. The van der Waals surface area contributed by atoms with Crippen molar-refractivity contribution in [1.82, 2.24) is 9.88 Å². The number of nitriles is 1. The van der Waals surface area contributed by atoms with E-state index in [9.17, 15) is 9.18 Å². The molecule has 0 aliphatic carbocycles. The Morgan fingerprint density at radius 1 is 1.09 bits per heavy atom. The minimum absolute atomic E-state index is 0.0990. The van der Waals surface area contributed by atoms with Gasteiger partial charge < -0.3 is 14.5 Å². The summed E-state index contributed by atoms with van der Waals surface area (Å²) in [6, 6.07) is 17.6. The molecule has 166 valence electrons. The van der Waals surface area contributed by atoms with Crippen LogP contribution in [0.5, 0.6) is 11.5 Å². The molecule has 0 unspecified atom stereocenters. The van der Waals surface area contributed by atoms with Crippen LogP contribution in [0.2, 0.25) is 0 Å². The van der Waals surface area contributed by atoms with E-state index < -0.39 is 5.82 Å². The summed E-state index contributed by atoms with van der Waals surface area (Å²) in [6.45, 7) is 2.79. The number of pyridine rings is 1. The summed E-state index contributed by atoms with van der Waals surface area (Å²) in [5.41, 5.74) is 2.25. The van der Waals surface area contributed by atoms with Crippen LogP contribution in [0, 0.1) is 17.1 Å². The Bertz CT molecular complexity index is 1170. The topological polar surface area (TPSA) is 69.5 Å². The van der Waals surface area contributed by atoms with Gasteiger partial charge in [0.15, 0.2) is 11.6 Å². The zero-order valence-electron chi connectivity index (χ0n) is 18.0. The van der Waals surface area contributed by atoms with Gasteiger partial charge in [-0.3, -0.25) is 9.78 Å². The fourth-order valence-electron chi connectivity index (χ4n) is 3.65. The number of rotatable bonds is 5. The Morgan fingerprint density at radius 2 is 1.94 bits per heavy atom. The zero-order valence-corrected chi connectivity index (χ0v) is 18.0. The summed E-state index contributed by atoms with van der Waals surface area (Å²) in [5.74, 6) is -0.0676. The molecule has 0 N–H and O–H groups in total. The molecule has 2 heterocycles. The number of nitrogens with zero attached hydrogens (tertiary/aromatic N) is 4. The predicted octanol–water partition coefficient (Wildman–Crippen LogP) is 4.64. The zero-order chi connectivity index (χ0) is 23.0. The highest BCUT2D eigenvalue weighted by molar-refractivity contribution is 5.91. The van der Waals surface area contributed by atoms with Crippen molar-refractivity contribution in [2.75, 3.05) is 31.1 Å². The highest BCUT2D eigenvalue weighted by atomic mass is 19.1. The van der Waals surface area contributed by atoms with Crippen LogP contribution in [0.25, 0.3) is 6.08 Å². The number of amides is 1. The number of hydrogen-bond acceptors (Lipinski definition) is 5. The monoisotopic (exact) mass is 442 g/mol. The lowest BCUT2D eigenvalue weighted by Crippen LogP contribution is -2.34. The van der Waals surface area contributed by atoms with Crippen LogP contribution in [-0.4, -0.2) is 42.0 Å². The summed E-state index contributed by atoms with van der Waals surface area (Å²) in [7, 11) is 0. The van der Waals surface area contributed by atoms with Crippen LogP contribution in [0.3, 0.4) is 0 Å². The molecule has 0 spiro atoms. The normalized spacial score (nSPS) is 14.1. The van der Waals surface area contributed by atoms with E-state index in [1.165, 1.54) is 24.4 Å². The molecule has 1 aliphatic heterocycles. The molecule has 0 atom stereocenters. The van der Waals surface area contributed by atoms with Crippen molar-refractivity contribution in [2.45, 2.75) is 6.42 Å². The van der Waals surface area contributed by atoms with Crippen molar-refractivity contribution < 1.29 is 13.9 Å². The average Bonchev–Trinajstić information content (AvgIpc) is 3.11. The molecular weight excluding hydrogens is 419 g/mol. The summed E-state index contributed by atoms with van der Waals surface area (Å²) < 4.78 is 19.9. The maximum absolute atomic E-state index is 14.4. The van der Waals surface area contributed by atoms with Crippen molar-refractivity contribution in [3.8, 4) is 17.6 Å². The minimum Gasteiger partial charge on any atom is -0.453 e. The summed E-state index contributed by atoms with van der Waals surface area (Å²) in [6.07, 6.45) is 7.06. The first-order valence-corrected chi connectivity index (χ1v) is 10.7. The maximum Gasteiger partial charge on any atom is 0.246 e. The standard InChI is InChI=1S/C26H23FN4O2/c27-24-17-20(6-10-25(24)33-23-3-1-12-29-19-23)7-11-26(32)31-14-2-13-30(15-16-31)22-8-4-21(18-28)5-9-22/h1,3-12,17,19H,2,13-16H2/b11-7+. The van der Waals surface area contributed by atoms with E-state index in [1.807, 2.05) is 12.1 Å². The van der Waals surface area contributed by atoms with Gasteiger partial charge in [0.2, 0.25) is 5.91 Å². The van der Waals surface area contributed by atoms with Gasteiger partial charge in [-0.1, -0.05) is 6.07 Å². The molecule has 1 aromatic heterocycles. The molecule has 3 aromatic rings. The number of anilines is 1. The van der Waals surface area contributed by atoms with E-state index in [4.69, 9.17) is 10.00 Å². The lowest BCUT2D eigenvalue weighted by atomic mass is 10.2. The third-order valence-electron chi connectivity index (χ3n) is 5.41. The van der Waals surface area contributed by atoms with Crippen molar-refractivity contribution in [1.29, 1.82) is 5.26 Å². The fraction of sp³-hybridized carbons (Fsp3) is 0.192. The van der Waals surface area contributed by atoms with Crippen LogP contribution in [0.1, 0.15) is 17.5 Å². The predicted molar refractivity (Wildman–Crippen MR) is 124 cm³/mol. The summed E-state index contributed by atoms with van der Waals surface area (Å²) in [4.78, 5) is 20.7. The Hall–Kier alpha value is -4.18. The molecule has 4 rings (SSSR count). The number of benzene rings is 2. The van der Waals surface area contributed by atoms with Crippen LogP contribution in [-0.2, 0) is 4.79 Å². The Labute approximate surface area is 192 Å². The smallest absolute Gasteiger partial charge is 0.246 e. The van der Waals surface area contributed by atoms with Gasteiger partial charge in [-0.2, -0.15) is 5.26 Å². The Kier molecular flexibility index (Phi) is 6.96. The molecule has 33 heavy (non-hydrogen) atoms. The quantitative estimate of drug-likeness (QED) is 0.539. The van der Waals surface area contributed by atoms with Crippen LogP contribution in [0.4, 0.5) is 10.1 Å². The van der Waals surface area contributed by atoms with E-state index in [-0.39, 0.29) is 11.7 Å². The molecule has 1 aliphatic rings. The second-order valence-electron chi connectivity index (χ2n) is 7.64. The van der Waals surface area contributed by atoms with E-state index >= 15 is 0 Å². The van der Waals surface area contributed by atoms with Crippen LogP contribution < -0.4 is 9.64 Å². The summed E-state index contributed by atoms with van der Waals surface area (Å²) in [5, 5.41) is 8.96. The number of carbonyl (C=O) groups excluding carboxylic acids is 1. The van der Waals surface area contributed by atoms with Gasteiger partial charge in [-0.05, 0) is 66.6 Å². The Balaban J connectivity index is 1.35. The molecule has 7 heteroatoms. The van der Waals surface area contributed by atoms with E-state index in [1.54, 1.807) is 47.5 Å². The first-order valence-electron chi connectivity index (χ1n) is 10.7. The van der Waals surface area contributed by atoms with E-state index in [0.29, 0.717) is 36.5 Å². The SMILES string of the molecule is N#Cc1ccc(N2CCCN(C(=O)/C=C/c3ccc(Oc4cccnc4)c(F)c3)CC2)cc1. The Morgan fingerprint density at radius 3 is 2.67 bits per heavy atom. The lowest BCUT2D eigenvalue weighted by molar-refractivity contribution is -0.125. The number of carbonyl (C=O) groups is 1. The second kappa shape index (κ2) is 10.4. The molecule has 6 nitrogen and oxygen atoms in total. The highest BCUT2D eigenvalue weighted by Crippen LogP contribution is 2.25. The molecule has 0 radical (unpaired) electrons. The molecule has 0 bridgehead atoms. The minimum atomic E-state index is -0.513.